The van der Waals surface area contributed by atoms with Crippen LogP contribution < -0.4 is 5.32 Å². The first kappa shape index (κ1) is 13.7. The molecule has 2 amide bonds. The molecule has 2 rings (SSSR count). The Kier molecular flexibility index (Phi) is 4.87. The summed E-state index contributed by atoms with van der Waals surface area (Å²) < 4.78 is 0. The smallest absolute Gasteiger partial charge is 0.317 e. The van der Waals surface area contributed by atoms with Crippen LogP contribution in [0.1, 0.15) is 51.9 Å². The number of amides is 2. The van der Waals surface area contributed by atoms with Gasteiger partial charge in [-0.3, -0.25) is 0 Å². The molecule has 0 aromatic heterocycles. The maximum absolute atomic E-state index is 12.1. The van der Waals surface area contributed by atoms with Gasteiger partial charge in [-0.2, -0.15) is 0 Å². The minimum absolute atomic E-state index is 0.0216. The van der Waals surface area contributed by atoms with Crippen molar-refractivity contribution in [3.8, 4) is 0 Å². The number of urea groups is 1. The number of aliphatic hydroxyl groups excluding tert-OH is 1. The molecule has 0 aromatic carbocycles. The second-order valence-electron chi connectivity index (χ2n) is 6.00. The molecule has 4 heteroatoms. The molecule has 2 aliphatic rings. The predicted octanol–water partition coefficient (Wildman–Crippen LogP) is 2.12. The van der Waals surface area contributed by atoms with Crippen molar-refractivity contribution in [1.29, 1.82) is 0 Å². The molecule has 104 valence electrons. The Morgan fingerprint density at radius 1 is 1.17 bits per heavy atom. The summed E-state index contributed by atoms with van der Waals surface area (Å²) >= 11 is 0. The molecular formula is C14H26N2O2. The molecule has 0 radical (unpaired) electrons. The van der Waals surface area contributed by atoms with E-state index in [1.165, 1.54) is 19.3 Å². The molecule has 0 bridgehead atoms. The number of piperidine rings is 1. The second kappa shape index (κ2) is 6.41. The molecule has 3 atom stereocenters. The SMILES string of the molecule is C[C@@H]1CCC[C@@H](NC(=O)N2CCC[C@@H](O)C2)CC1. The molecule has 18 heavy (non-hydrogen) atoms. The van der Waals surface area contributed by atoms with E-state index in [2.05, 4.69) is 12.2 Å². The van der Waals surface area contributed by atoms with E-state index in [0.29, 0.717) is 12.6 Å². The van der Waals surface area contributed by atoms with Crippen molar-refractivity contribution in [1.82, 2.24) is 10.2 Å². The minimum Gasteiger partial charge on any atom is -0.391 e. The van der Waals surface area contributed by atoms with Crippen molar-refractivity contribution < 1.29 is 9.90 Å². The van der Waals surface area contributed by atoms with Crippen LogP contribution in [0.15, 0.2) is 0 Å². The molecule has 1 heterocycles. The van der Waals surface area contributed by atoms with Gasteiger partial charge in [0, 0.05) is 19.1 Å². The first-order valence-electron chi connectivity index (χ1n) is 7.38. The lowest BCUT2D eigenvalue weighted by molar-refractivity contribution is 0.0831. The normalized spacial score (nSPS) is 33.9. The fourth-order valence-corrected chi connectivity index (χ4v) is 3.04. The number of carbonyl (C=O) groups is 1. The quantitative estimate of drug-likeness (QED) is 0.704. The molecule has 1 saturated carbocycles. The van der Waals surface area contributed by atoms with Gasteiger partial charge in [-0.05, 0) is 38.0 Å². The van der Waals surface area contributed by atoms with Crippen LogP contribution in [0.25, 0.3) is 0 Å². The number of hydrogen-bond acceptors (Lipinski definition) is 2. The molecule has 0 spiro atoms. The highest BCUT2D eigenvalue weighted by molar-refractivity contribution is 5.74. The summed E-state index contributed by atoms with van der Waals surface area (Å²) in [5.41, 5.74) is 0. The van der Waals surface area contributed by atoms with Gasteiger partial charge >= 0.3 is 6.03 Å². The van der Waals surface area contributed by atoms with Gasteiger partial charge in [0.2, 0.25) is 0 Å². The van der Waals surface area contributed by atoms with Crippen molar-refractivity contribution in [3.63, 3.8) is 0 Å². The van der Waals surface area contributed by atoms with Crippen molar-refractivity contribution in [2.45, 2.75) is 64.0 Å². The van der Waals surface area contributed by atoms with Crippen LogP contribution in [0.2, 0.25) is 0 Å². The molecule has 1 saturated heterocycles. The van der Waals surface area contributed by atoms with Crippen LogP contribution in [-0.4, -0.2) is 41.3 Å². The van der Waals surface area contributed by atoms with Gasteiger partial charge in [-0.15, -0.1) is 0 Å². The lowest BCUT2D eigenvalue weighted by Gasteiger charge is -2.31. The van der Waals surface area contributed by atoms with Gasteiger partial charge in [-0.25, -0.2) is 4.79 Å². The van der Waals surface area contributed by atoms with Crippen molar-refractivity contribution in [3.05, 3.63) is 0 Å². The molecule has 0 aromatic rings. The summed E-state index contributed by atoms with van der Waals surface area (Å²) in [7, 11) is 0. The molecular weight excluding hydrogens is 228 g/mol. The monoisotopic (exact) mass is 254 g/mol. The summed E-state index contributed by atoms with van der Waals surface area (Å²) in [6, 6.07) is 0.356. The highest BCUT2D eigenvalue weighted by Gasteiger charge is 2.24. The fourth-order valence-electron chi connectivity index (χ4n) is 3.04. The molecule has 4 nitrogen and oxygen atoms in total. The third-order valence-corrected chi connectivity index (χ3v) is 4.27. The summed E-state index contributed by atoms with van der Waals surface area (Å²) in [5.74, 6) is 0.795. The highest BCUT2D eigenvalue weighted by atomic mass is 16.3. The van der Waals surface area contributed by atoms with Crippen LogP contribution in [0.3, 0.4) is 0 Å². The number of hydrogen-bond donors (Lipinski definition) is 2. The zero-order chi connectivity index (χ0) is 13.0. The Balaban J connectivity index is 1.79. The number of nitrogens with zero attached hydrogens (tertiary/aromatic N) is 1. The Labute approximate surface area is 110 Å². The summed E-state index contributed by atoms with van der Waals surface area (Å²) in [4.78, 5) is 13.9. The molecule has 0 unspecified atom stereocenters. The first-order chi connectivity index (χ1) is 8.65. The lowest BCUT2D eigenvalue weighted by Crippen LogP contribution is -2.49. The average Bonchev–Trinajstić information content (AvgIpc) is 2.54. The minimum atomic E-state index is -0.335. The first-order valence-corrected chi connectivity index (χ1v) is 7.38. The van der Waals surface area contributed by atoms with E-state index in [0.717, 1.165) is 38.1 Å². The largest absolute Gasteiger partial charge is 0.391 e. The van der Waals surface area contributed by atoms with E-state index in [1.54, 1.807) is 4.90 Å². The summed E-state index contributed by atoms with van der Waals surface area (Å²) in [5, 5.41) is 12.7. The van der Waals surface area contributed by atoms with Gasteiger partial charge in [0.05, 0.1) is 6.10 Å². The van der Waals surface area contributed by atoms with Gasteiger partial charge in [0.25, 0.3) is 0 Å². The molecule has 2 fully saturated rings. The van der Waals surface area contributed by atoms with Crippen LogP contribution in [0.5, 0.6) is 0 Å². The van der Waals surface area contributed by atoms with Crippen molar-refractivity contribution in [2.24, 2.45) is 5.92 Å². The maximum Gasteiger partial charge on any atom is 0.317 e. The number of rotatable bonds is 1. The zero-order valence-corrected chi connectivity index (χ0v) is 11.4. The third kappa shape index (κ3) is 3.87. The van der Waals surface area contributed by atoms with Gasteiger partial charge in [0.1, 0.15) is 0 Å². The fraction of sp³-hybridized carbons (Fsp3) is 0.929. The number of aliphatic hydroxyl groups is 1. The Morgan fingerprint density at radius 2 is 2.00 bits per heavy atom. The standard InChI is InChI=1S/C14H26N2O2/c1-11-4-2-5-12(8-7-11)15-14(18)16-9-3-6-13(17)10-16/h11-13,17H,2-10H2,1H3,(H,15,18)/t11-,12-,13-/m1/s1. The number of likely N-dealkylation sites (tertiary alicyclic amines) is 1. The van der Waals surface area contributed by atoms with Gasteiger partial charge in [-0.1, -0.05) is 19.8 Å². The van der Waals surface area contributed by atoms with Crippen molar-refractivity contribution >= 4 is 6.03 Å². The molecule has 2 N–H and O–H groups in total. The second-order valence-corrected chi connectivity index (χ2v) is 6.00. The molecule has 1 aliphatic carbocycles. The summed E-state index contributed by atoms with van der Waals surface area (Å²) in [6.07, 6.45) is 7.33. The van der Waals surface area contributed by atoms with E-state index in [4.69, 9.17) is 0 Å². The summed E-state index contributed by atoms with van der Waals surface area (Å²) in [6.45, 7) is 3.58. The van der Waals surface area contributed by atoms with Crippen LogP contribution >= 0.6 is 0 Å². The number of β-amino-alcohol motifs (C(OH)–C–C–N with tert-alkyl or cyclic N) is 1. The van der Waals surface area contributed by atoms with E-state index in [1.807, 2.05) is 0 Å². The zero-order valence-electron chi connectivity index (χ0n) is 11.4. The van der Waals surface area contributed by atoms with Gasteiger partial charge < -0.3 is 15.3 Å². The van der Waals surface area contributed by atoms with Crippen LogP contribution in [0, 0.1) is 5.92 Å². The maximum atomic E-state index is 12.1. The third-order valence-electron chi connectivity index (χ3n) is 4.27. The predicted molar refractivity (Wildman–Crippen MR) is 71.4 cm³/mol. The number of nitrogens with one attached hydrogen (secondary N) is 1. The molecule has 1 aliphatic heterocycles. The Bertz CT molecular complexity index is 283. The van der Waals surface area contributed by atoms with Crippen LogP contribution in [-0.2, 0) is 0 Å². The highest BCUT2D eigenvalue weighted by Crippen LogP contribution is 2.22. The number of carbonyl (C=O) groups excluding carboxylic acids is 1. The Morgan fingerprint density at radius 3 is 2.78 bits per heavy atom. The van der Waals surface area contributed by atoms with E-state index < -0.39 is 0 Å². The van der Waals surface area contributed by atoms with E-state index in [9.17, 15) is 9.90 Å². The van der Waals surface area contributed by atoms with Gasteiger partial charge in [0.15, 0.2) is 0 Å². The Hall–Kier alpha value is -0.770. The topological polar surface area (TPSA) is 52.6 Å². The average molecular weight is 254 g/mol. The van der Waals surface area contributed by atoms with E-state index in [-0.39, 0.29) is 12.1 Å². The van der Waals surface area contributed by atoms with Crippen LogP contribution in [0.4, 0.5) is 4.79 Å². The lowest BCUT2D eigenvalue weighted by atomic mass is 10.0. The van der Waals surface area contributed by atoms with E-state index >= 15 is 0 Å². The van der Waals surface area contributed by atoms with Crippen molar-refractivity contribution in [2.75, 3.05) is 13.1 Å².